The minimum Gasteiger partial charge on any atom is -0.354 e. The zero-order valence-electron chi connectivity index (χ0n) is 15.4. The van der Waals surface area contributed by atoms with Gasteiger partial charge in [-0.25, -0.2) is 17.7 Å². The molecule has 0 saturated carbocycles. The highest BCUT2D eigenvalue weighted by Crippen LogP contribution is 2.21. The minimum atomic E-state index is -3.49. The minimum absolute atomic E-state index is 0.00252. The van der Waals surface area contributed by atoms with Crippen LogP contribution in [-0.4, -0.2) is 48.3 Å². The zero-order valence-corrected chi connectivity index (χ0v) is 16.2. The van der Waals surface area contributed by atoms with Crippen molar-refractivity contribution in [3.8, 4) is 0 Å². The molecule has 138 valence electrons. The average molecular weight is 366 g/mol. The fourth-order valence-corrected chi connectivity index (χ4v) is 3.42. The molecule has 7 nitrogen and oxygen atoms in total. The predicted octanol–water partition coefficient (Wildman–Crippen LogP) is 1.67. The van der Waals surface area contributed by atoms with Crippen molar-refractivity contribution >= 4 is 27.0 Å². The molecule has 0 aliphatic carbocycles. The molecule has 1 atom stereocenters. The summed E-state index contributed by atoms with van der Waals surface area (Å²) in [4.78, 5) is 16.7. The summed E-state index contributed by atoms with van der Waals surface area (Å²) in [6.45, 7) is 4.00. The van der Waals surface area contributed by atoms with E-state index in [0.717, 1.165) is 17.8 Å². The van der Waals surface area contributed by atoms with Gasteiger partial charge in [-0.15, -0.1) is 0 Å². The molecular weight excluding hydrogens is 340 g/mol. The van der Waals surface area contributed by atoms with Crippen molar-refractivity contribution in [1.82, 2.24) is 19.2 Å². The second-order valence-corrected chi connectivity index (χ2v) is 8.55. The monoisotopic (exact) mass is 366 g/mol. The maximum Gasteiger partial charge on any atom is 0.242 e. The lowest BCUT2D eigenvalue weighted by atomic mass is 10.2. The van der Waals surface area contributed by atoms with Crippen molar-refractivity contribution in [3.05, 3.63) is 24.0 Å². The van der Waals surface area contributed by atoms with Crippen LogP contribution in [0, 0.1) is 0 Å². The number of carbonyl (C=O) groups excluding carboxylic acids is 1. The third kappa shape index (κ3) is 4.19. The van der Waals surface area contributed by atoms with E-state index in [1.165, 1.54) is 18.4 Å². The SMILES string of the molecule is CC[C@@H](C)NC(=O)CCc1nc2cc(S(=O)(=O)N(C)C)ccc2n1C. The number of nitrogens with one attached hydrogen (secondary N) is 1. The molecule has 1 aromatic carbocycles. The molecule has 0 unspecified atom stereocenters. The van der Waals surface area contributed by atoms with E-state index in [-0.39, 0.29) is 16.8 Å². The maximum atomic E-state index is 12.3. The Hall–Kier alpha value is -1.93. The lowest BCUT2D eigenvalue weighted by molar-refractivity contribution is -0.121. The zero-order chi connectivity index (χ0) is 18.8. The Morgan fingerprint density at radius 2 is 2.04 bits per heavy atom. The first-order valence-electron chi connectivity index (χ1n) is 8.34. The number of amides is 1. The molecular formula is C17H26N4O3S. The van der Waals surface area contributed by atoms with E-state index in [2.05, 4.69) is 10.3 Å². The van der Waals surface area contributed by atoms with Gasteiger partial charge in [0, 0.05) is 40.0 Å². The lowest BCUT2D eigenvalue weighted by Crippen LogP contribution is -2.32. The van der Waals surface area contributed by atoms with E-state index in [9.17, 15) is 13.2 Å². The summed E-state index contributed by atoms with van der Waals surface area (Å²) in [6, 6.07) is 5.07. The van der Waals surface area contributed by atoms with Crippen molar-refractivity contribution in [3.63, 3.8) is 0 Å². The van der Waals surface area contributed by atoms with Gasteiger partial charge in [-0.1, -0.05) is 6.92 Å². The van der Waals surface area contributed by atoms with Crippen molar-refractivity contribution in [2.45, 2.75) is 44.0 Å². The van der Waals surface area contributed by atoms with Crippen LogP contribution in [0.1, 0.15) is 32.5 Å². The average Bonchev–Trinajstić information content (AvgIpc) is 2.88. The van der Waals surface area contributed by atoms with Gasteiger partial charge in [0.25, 0.3) is 0 Å². The van der Waals surface area contributed by atoms with E-state index in [1.807, 2.05) is 25.5 Å². The van der Waals surface area contributed by atoms with Crippen LogP contribution in [0.2, 0.25) is 0 Å². The second kappa shape index (κ2) is 7.53. The molecule has 0 saturated heterocycles. The summed E-state index contributed by atoms with van der Waals surface area (Å²) in [7, 11) is 1.38. The van der Waals surface area contributed by atoms with Crippen LogP contribution in [0.25, 0.3) is 11.0 Å². The van der Waals surface area contributed by atoms with Gasteiger partial charge in [0.1, 0.15) is 5.82 Å². The molecule has 2 rings (SSSR count). The molecule has 1 N–H and O–H groups in total. The number of nitrogens with zero attached hydrogens (tertiary/aromatic N) is 3. The Morgan fingerprint density at radius 3 is 2.64 bits per heavy atom. The summed E-state index contributed by atoms with van der Waals surface area (Å²) < 4.78 is 27.6. The van der Waals surface area contributed by atoms with Gasteiger partial charge >= 0.3 is 0 Å². The van der Waals surface area contributed by atoms with Crippen LogP contribution in [0.4, 0.5) is 0 Å². The van der Waals surface area contributed by atoms with Gasteiger partial charge in [-0.05, 0) is 31.5 Å². The Morgan fingerprint density at radius 1 is 1.36 bits per heavy atom. The molecule has 2 aromatic rings. The molecule has 0 aliphatic rings. The van der Waals surface area contributed by atoms with E-state index >= 15 is 0 Å². The number of fused-ring (bicyclic) bond motifs is 1. The van der Waals surface area contributed by atoms with E-state index in [1.54, 1.807) is 18.2 Å². The smallest absolute Gasteiger partial charge is 0.242 e. The molecule has 0 bridgehead atoms. The van der Waals surface area contributed by atoms with Crippen LogP contribution in [-0.2, 0) is 28.3 Å². The number of imidazole rings is 1. The first-order valence-corrected chi connectivity index (χ1v) is 9.78. The largest absolute Gasteiger partial charge is 0.354 e. The van der Waals surface area contributed by atoms with Gasteiger partial charge in [0.05, 0.1) is 15.9 Å². The third-order valence-corrected chi connectivity index (χ3v) is 6.13. The Kier molecular flexibility index (Phi) is 5.84. The molecule has 8 heteroatoms. The lowest BCUT2D eigenvalue weighted by Gasteiger charge is -2.11. The van der Waals surface area contributed by atoms with Crippen LogP contribution in [0.5, 0.6) is 0 Å². The molecule has 0 aliphatic heterocycles. The van der Waals surface area contributed by atoms with Gasteiger partial charge in [-0.3, -0.25) is 4.79 Å². The van der Waals surface area contributed by atoms with Gasteiger partial charge in [0.2, 0.25) is 15.9 Å². The van der Waals surface area contributed by atoms with Crippen LogP contribution >= 0.6 is 0 Å². The Balaban J connectivity index is 2.23. The Bertz CT molecular complexity index is 871. The number of rotatable bonds is 7. The first-order chi connectivity index (χ1) is 11.7. The molecule has 0 spiro atoms. The number of aromatic nitrogens is 2. The molecule has 0 radical (unpaired) electrons. The quantitative estimate of drug-likeness (QED) is 0.808. The highest BCUT2D eigenvalue weighted by molar-refractivity contribution is 7.89. The van der Waals surface area contributed by atoms with E-state index in [0.29, 0.717) is 18.4 Å². The van der Waals surface area contributed by atoms with Crippen molar-refractivity contribution in [1.29, 1.82) is 0 Å². The summed E-state index contributed by atoms with van der Waals surface area (Å²) in [5.74, 6) is 0.756. The first kappa shape index (κ1) is 19.4. The second-order valence-electron chi connectivity index (χ2n) is 6.40. The number of hydrogen-bond donors (Lipinski definition) is 1. The van der Waals surface area contributed by atoms with Gasteiger partial charge < -0.3 is 9.88 Å². The van der Waals surface area contributed by atoms with Crippen LogP contribution in [0.3, 0.4) is 0 Å². The van der Waals surface area contributed by atoms with Crippen molar-refractivity contribution in [2.75, 3.05) is 14.1 Å². The number of carbonyl (C=O) groups is 1. The Labute approximate surface area is 149 Å². The fraction of sp³-hybridized carbons (Fsp3) is 0.529. The van der Waals surface area contributed by atoms with Crippen molar-refractivity contribution in [2.24, 2.45) is 7.05 Å². The molecule has 1 aromatic heterocycles. The van der Waals surface area contributed by atoms with E-state index < -0.39 is 10.0 Å². The normalized spacial score (nSPS) is 13.4. The highest BCUT2D eigenvalue weighted by Gasteiger charge is 2.19. The van der Waals surface area contributed by atoms with E-state index in [4.69, 9.17) is 0 Å². The number of hydrogen-bond acceptors (Lipinski definition) is 4. The van der Waals surface area contributed by atoms with Crippen molar-refractivity contribution < 1.29 is 13.2 Å². The fourth-order valence-electron chi connectivity index (χ4n) is 2.50. The molecule has 1 amide bonds. The highest BCUT2D eigenvalue weighted by atomic mass is 32.2. The topological polar surface area (TPSA) is 84.3 Å². The van der Waals surface area contributed by atoms with Gasteiger partial charge in [0.15, 0.2) is 0 Å². The maximum absolute atomic E-state index is 12.3. The van der Waals surface area contributed by atoms with Crippen LogP contribution < -0.4 is 5.32 Å². The van der Waals surface area contributed by atoms with Crippen LogP contribution in [0.15, 0.2) is 23.1 Å². The number of benzene rings is 1. The standard InChI is InChI=1S/C17H26N4O3S/c1-6-12(2)18-17(22)10-9-16-19-14-11-13(25(23,24)20(3)4)7-8-15(14)21(16)5/h7-8,11-12H,6,9-10H2,1-5H3,(H,18,22)/t12-/m1/s1. The number of sulfonamides is 1. The number of aryl methyl sites for hydroxylation is 2. The molecule has 0 fully saturated rings. The summed E-state index contributed by atoms with van der Waals surface area (Å²) in [5, 5.41) is 2.93. The summed E-state index contributed by atoms with van der Waals surface area (Å²) in [5.41, 5.74) is 1.46. The predicted molar refractivity (Wildman–Crippen MR) is 97.8 cm³/mol. The van der Waals surface area contributed by atoms with Gasteiger partial charge in [-0.2, -0.15) is 0 Å². The summed E-state index contributed by atoms with van der Waals surface area (Å²) >= 11 is 0. The molecule has 1 heterocycles. The third-order valence-electron chi connectivity index (χ3n) is 4.32. The summed E-state index contributed by atoms with van der Waals surface area (Å²) in [6.07, 6.45) is 1.74. The molecule has 25 heavy (non-hydrogen) atoms.